The minimum atomic E-state index is 0. The highest BCUT2D eigenvalue weighted by atomic mass is 127. The number of aliphatic imine (C=N–C) groups is 1. The largest absolute Gasteiger partial charge is 0.370 e. The predicted molar refractivity (Wildman–Crippen MR) is 89.9 cm³/mol. The highest BCUT2D eigenvalue weighted by Crippen LogP contribution is 2.16. The maximum Gasteiger partial charge on any atom is 0.188 e. The molecule has 19 heavy (non-hydrogen) atoms. The number of guanidine groups is 1. The molecule has 0 aliphatic heterocycles. The Balaban J connectivity index is 0.00000180. The van der Waals surface area contributed by atoms with Gasteiger partial charge in [-0.1, -0.05) is 25.3 Å². The fraction of sp³-hybridized carbons (Fsp3) is 0.571. The monoisotopic (exact) mass is 374 g/mol. The van der Waals surface area contributed by atoms with Crippen molar-refractivity contribution >= 4 is 29.9 Å². The highest BCUT2D eigenvalue weighted by molar-refractivity contribution is 14.0. The molecule has 1 heterocycles. The van der Waals surface area contributed by atoms with Crippen molar-refractivity contribution in [2.75, 3.05) is 6.54 Å². The average molecular weight is 374 g/mol. The van der Waals surface area contributed by atoms with E-state index in [-0.39, 0.29) is 24.0 Å². The Labute approximate surface area is 132 Å². The summed E-state index contributed by atoms with van der Waals surface area (Å²) in [5, 5.41) is 3.32. The van der Waals surface area contributed by atoms with Crippen LogP contribution < -0.4 is 11.1 Å². The summed E-state index contributed by atoms with van der Waals surface area (Å²) in [5.74, 6) is 0.589. The molecule has 2 rings (SSSR count). The molecule has 0 saturated heterocycles. The number of aromatic nitrogens is 1. The Kier molecular flexibility index (Phi) is 7.78. The molecular formula is C14H23IN4. The molecule has 1 saturated carbocycles. The summed E-state index contributed by atoms with van der Waals surface area (Å²) >= 11 is 0. The number of nitrogens with two attached hydrogens (primary N) is 1. The summed E-state index contributed by atoms with van der Waals surface area (Å²) < 4.78 is 0. The lowest BCUT2D eigenvalue weighted by Gasteiger charge is -2.23. The van der Waals surface area contributed by atoms with Crippen LogP contribution in [0.3, 0.4) is 0 Å². The zero-order valence-corrected chi connectivity index (χ0v) is 13.5. The van der Waals surface area contributed by atoms with Crippen LogP contribution in [0.25, 0.3) is 0 Å². The SMILES string of the molecule is I.NC(=NCCc1cccnc1)NC1CCCCC1. The number of hydrogen-bond donors (Lipinski definition) is 2. The van der Waals surface area contributed by atoms with Gasteiger partial charge in [0, 0.05) is 25.0 Å². The van der Waals surface area contributed by atoms with Gasteiger partial charge in [-0.3, -0.25) is 9.98 Å². The third kappa shape index (κ3) is 6.22. The molecule has 1 fully saturated rings. The van der Waals surface area contributed by atoms with Crippen LogP contribution in [0.15, 0.2) is 29.5 Å². The van der Waals surface area contributed by atoms with Crippen molar-refractivity contribution in [1.29, 1.82) is 0 Å². The van der Waals surface area contributed by atoms with Gasteiger partial charge in [0.15, 0.2) is 5.96 Å². The van der Waals surface area contributed by atoms with Gasteiger partial charge in [-0.25, -0.2) is 0 Å². The van der Waals surface area contributed by atoms with E-state index >= 15 is 0 Å². The van der Waals surface area contributed by atoms with Crippen molar-refractivity contribution in [3.63, 3.8) is 0 Å². The zero-order chi connectivity index (χ0) is 12.6. The first kappa shape index (κ1) is 16.2. The first-order valence-electron chi connectivity index (χ1n) is 6.80. The Morgan fingerprint density at radius 2 is 2.16 bits per heavy atom. The van der Waals surface area contributed by atoms with Crippen LogP contribution in [0.2, 0.25) is 0 Å². The van der Waals surface area contributed by atoms with Gasteiger partial charge in [0.25, 0.3) is 0 Å². The van der Waals surface area contributed by atoms with E-state index in [0.717, 1.165) is 13.0 Å². The molecule has 0 amide bonds. The van der Waals surface area contributed by atoms with Gasteiger partial charge >= 0.3 is 0 Å². The normalized spacial score (nSPS) is 16.7. The Morgan fingerprint density at radius 1 is 1.37 bits per heavy atom. The van der Waals surface area contributed by atoms with Crippen LogP contribution in [-0.4, -0.2) is 23.5 Å². The quantitative estimate of drug-likeness (QED) is 0.484. The summed E-state index contributed by atoms with van der Waals surface area (Å²) in [6.45, 7) is 0.719. The van der Waals surface area contributed by atoms with Gasteiger partial charge in [-0.05, 0) is 30.9 Å². The Morgan fingerprint density at radius 3 is 2.84 bits per heavy atom. The first-order chi connectivity index (χ1) is 8.84. The van der Waals surface area contributed by atoms with E-state index in [4.69, 9.17) is 5.73 Å². The van der Waals surface area contributed by atoms with Crippen molar-refractivity contribution < 1.29 is 0 Å². The van der Waals surface area contributed by atoms with Crippen LogP contribution in [0.5, 0.6) is 0 Å². The number of halogens is 1. The molecule has 0 spiro atoms. The van der Waals surface area contributed by atoms with E-state index in [2.05, 4.69) is 21.4 Å². The van der Waals surface area contributed by atoms with Gasteiger partial charge in [-0.15, -0.1) is 24.0 Å². The van der Waals surface area contributed by atoms with Gasteiger partial charge in [0.2, 0.25) is 0 Å². The fourth-order valence-electron chi connectivity index (χ4n) is 2.35. The minimum Gasteiger partial charge on any atom is -0.370 e. The number of nitrogens with zero attached hydrogens (tertiary/aromatic N) is 2. The molecule has 1 aromatic rings. The number of pyridine rings is 1. The number of hydrogen-bond acceptors (Lipinski definition) is 2. The molecule has 0 bridgehead atoms. The molecule has 0 aromatic carbocycles. The first-order valence-corrected chi connectivity index (χ1v) is 6.80. The number of rotatable bonds is 4. The topological polar surface area (TPSA) is 63.3 Å². The van der Waals surface area contributed by atoms with E-state index in [9.17, 15) is 0 Å². The van der Waals surface area contributed by atoms with Gasteiger partial charge in [-0.2, -0.15) is 0 Å². The van der Waals surface area contributed by atoms with Crippen molar-refractivity contribution in [3.05, 3.63) is 30.1 Å². The maximum absolute atomic E-state index is 5.89. The molecule has 0 atom stereocenters. The predicted octanol–water partition coefficient (Wildman–Crippen LogP) is 2.48. The van der Waals surface area contributed by atoms with Crippen molar-refractivity contribution in [3.8, 4) is 0 Å². The van der Waals surface area contributed by atoms with Crippen molar-refractivity contribution in [2.45, 2.75) is 44.6 Å². The second-order valence-corrected chi connectivity index (χ2v) is 4.86. The van der Waals surface area contributed by atoms with Gasteiger partial charge < -0.3 is 11.1 Å². The molecule has 5 heteroatoms. The van der Waals surface area contributed by atoms with Crippen molar-refractivity contribution in [2.24, 2.45) is 10.7 Å². The van der Waals surface area contributed by atoms with Crippen molar-refractivity contribution in [1.82, 2.24) is 10.3 Å². The Hall–Kier alpha value is -0.850. The summed E-state index contributed by atoms with van der Waals surface area (Å²) in [4.78, 5) is 8.45. The van der Waals surface area contributed by atoms with Gasteiger partial charge in [0.1, 0.15) is 0 Å². The third-order valence-electron chi connectivity index (χ3n) is 3.36. The van der Waals surface area contributed by atoms with E-state index in [1.54, 1.807) is 6.20 Å². The standard InChI is InChI=1S/C14H22N4.HI/c15-14(18-13-6-2-1-3-7-13)17-10-8-12-5-4-9-16-11-12;/h4-5,9,11,13H,1-3,6-8,10H2,(H3,15,17,18);1H. The molecule has 106 valence electrons. The second-order valence-electron chi connectivity index (χ2n) is 4.86. The lowest BCUT2D eigenvalue weighted by molar-refractivity contribution is 0.412. The van der Waals surface area contributed by atoms with Crippen LogP contribution in [-0.2, 0) is 6.42 Å². The summed E-state index contributed by atoms with van der Waals surface area (Å²) in [5.41, 5.74) is 7.09. The van der Waals surface area contributed by atoms with E-state index in [1.807, 2.05) is 12.3 Å². The molecule has 1 aliphatic carbocycles. The van der Waals surface area contributed by atoms with Crippen LogP contribution >= 0.6 is 24.0 Å². The molecular weight excluding hydrogens is 351 g/mol. The molecule has 0 unspecified atom stereocenters. The van der Waals surface area contributed by atoms with Crippen LogP contribution in [0.1, 0.15) is 37.7 Å². The van der Waals surface area contributed by atoms with Crippen LogP contribution in [0.4, 0.5) is 0 Å². The second kappa shape index (κ2) is 9.12. The highest BCUT2D eigenvalue weighted by Gasteiger charge is 2.12. The Bertz CT molecular complexity index is 374. The number of nitrogens with one attached hydrogen (secondary N) is 1. The molecule has 1 aliphatic rings. The van der Waals surface area contributed by atoms with E-state index in [0.29, 0.717) is 12.0 Å². The molecule has 1 aromatic heterocycles. The fourth-order valence-corrected chi connectivity index (χ4v) is 2.35. The van der Waals surface area contributed by atoms with E-state index < -0.39 is 0 Å². The smallest absolute Gasteiger partial charge is 0.188 e. The molecule has 4 nitrogen and oxygen atoms in total. The summed E-state index contributed by atoms with van der Waals surface area (Å²) in [6.07, 6.45) is 11.0. The van der Waals surface area contributed by atoms with E-state index in [1.165, 1.54) is 37.7 Å². The average Bonchev–Trinajstić information content (AvgIpc) is 2.41. The summed E-state index contributed by atoms with van der Waals surface area (Å²) in [6, 6.07) is 4.54. The van der Waals surface area contributed by atoms with Gasteiger partial charge in [0.05, 0.1) is 0 Å². The van der Waals surface area contributed by atoms with Crippen LogP contribution in [0, 0.1) is 0 Å². The lowest BCUT2D eigenvalue weighted by atomic mass is 9.96. The maximum atomic E-state index is 5.89. The minimum absolute atomic E-state index is 0. The summed E-state index contributed by atoms with van der Waals surface area (Å²) in [7, 11) is 0. The third-order valence-corrected chi connectivity index (χ3v) is 3.36. The zero-order valence-electron chi connectivity index (χ0n) is 11.2. The molecule has 3 N–H and O–H groups in total. The lowest BCUT2D eigenvalue weighted by Crippen LogP contribution is -2.41. The molecule has 0 radical (unpaired) electrons.